The first-order valence-corrected chi connectivity index (χ1v) is 12.2. The SMILES string of the molecule is CC(C)CC(NC(=O)C(Cc1cnc[nH]1)NC(=O)C(N)CC(=O)O)C(=O)NC(Cc1ccc(O)cc1)C(=O)O. The molecule has 0 radical (unpaired) electrons. The topological polar surface area (TPSA) is 237 Å². The van der Waals surface area contributed by atoms with Gasteiger partial charge in [-0.15, -0.1) is 0 Å². The number of imidazole rings is 1. The molecule has 1 aromatic heterocycles. The molecule has 9 N–H and O–H groups in total. The number of aromatic amines is 1. The average molecular weight is 547 g/mol. The molecule has 0 saturated heterocycles. The molecular weight excluding hydrogens is 512 g/mol. The Morgan fingerprint density at radius 2 is 1.49 bits per heavy atom. The van der Waals surface area contributed by atoms with Gasteiger partial charge in [0.05, 0.1) is 18.8 Å². The number of nitrogens with two attached hydrogens (primary N) is 1. The number of phenols is 1. The molecule has 212 valence electrons. The number of carboxylic acid groups (broad SMARTS) is 2. The van der Waals surface area contributed by atoms with Crippen LogP contribution in [0.15, 0.2) is 36.8 Å². The minimum absolute atomic E-state index is 0.00932. The van der Waals surface area contributed by atoms with Crippen molar-refractivity contribution in [1.29, 1.82) is 0 Å². The number of nitrogens with one attached hydrogen (secondary N) is 4. The van der Waals surface area contributed by atoms with Gasteiger partial charge >= 0.3 is 11.9 Å². The van der Waals surface area contributed by atoms with Crippen molar-refractivity contribution in [3.8, 4) is 5.75 Å². The Hall–Kier alpha value is -4.46. The fraction of sp³-hybridized carbons (Fsp3) is 0.440. The van der Waals surface area contributed by atoms with Crippen molar-refractivity contribution in [3.63, 3.8) is 0 Å². The summed E-state index contributed by atoms with van der Waals surface area (Å²) in [5, 5.41) is 35.5. The number of carbonyl (C=O) groups is 5. The predicted octanol–water partition coefficient (Wildman–Crippen LogP) is -0.712. The Labute approximate surface area is 224 Å². The molecule has 0 aliphatic heterocycles. The molecule has 2 rings (SSSR count). The van der Waals surface area contributed by atoms with Crippen LogP contribution in [0.1, 0.15) is 37.9 Å². The van der Waals surface area contributed by atoms with Gasteiger partial charge in [-0.1, -0.05) is 26.0 Å². The summed E-state index contributed by atoms with van der Waals surface area (Å²) in [5.41, 5.74) is 6.67. The zero-order chi connectivity index (χ0) is 29.1. The second kappa shape index (κ2) is 14.5. The molecule has 39 heavy (non-hydrogen) atoms. The van der Waals surface area contributed by atoms with Gasteiger partial charge in [-0.3, -0.25) is 19.2 Å². The van der Waals surface area contributed by atoms with Gasteiger partial charge in [0, 0.05) is 24.7 Å². The molecule has 1 heterocycles. The van der Waals surface area contributed by atoms with E-state index in [2.05, 4.69) is 25.9 Å². The predicted molar refractivity (Wildman–Crippen MR) is 137 cm³/mol. The standard InChI is InChI=1S/C25H34N6O8/c1-13(2)7-18(23(36)31-20(25(38)39)8-14-3-5-16(32)6-4-14)30-24(37)19(9-15-11-27-12-28-15)29-22(35)17(26)10-21(33)34/h3-6,11-13,17-20,32H,7-10,26H2,1-2H3,(H,27,28)(H,29,35)(H,30,37)(H,31,36)(H,33,34)(H,38,39). The lowest BCUT2D eigenvalue weighted by Crippen LogP contribution is -2.58. The van der Waals surface area contributed by atoms with E-state index in [1.807, 2.05) is 13.8 Å². The molecule has 0 fully saturated rings. The van der Waals surface area contributed by atoms with Crippen LogP contribution in [0.2, 0.25) is 0 Å². The van der Waals surface area contributed by atoms with Crippen LogP contribution in [-0.4, -0.2) is 79.1 Å². The van der Waals surface area contributed by atoms with Gasteiger partial charge in [-0.2, -0.15) is 0 Å². The van der Waals surface area contributed by atoms with Crippen molar-refractivity contribution in [3.05, 3.63) is 48.0 Å². The van der Waals surface area contributed by atoms with Crippen molar-refractivity contribution in [2.75, 3.05) is 0 Å². The number of H-pyrrole nitrogens is 1. The molecule has 0 aliphatic rings. The van der Waals surface area contributed by atoms with Gasteiger partial charge in [-0.05, 0) is 30.0 Å². The van der Waals surface area contributed by atoms with Crippen LogP contribution < -0.4 is 21.7 Å². The van der Waals surface area contributed by atoms with Crippen LogP contribution in [0, 0.1) is 5.92 Å². The number of carboxylic acids is 2. The van der Waals surface area contributed by atoms with E-state index in [4.69, 9.17) is 10.8 Å². The fourth-order valence-electron chi connectivity index (χ4n) is 3.70. The highest BCUT2D eigenvalue weighted by atomic mass is 16.4. The van der Waals surface area contributed by atoms with Crippen molar-refractivity contribution in [2.45, 2.75) is 63.7 Å². The lowest BCUT2D eigenvalue weighted by Gasteiger charge is -2.26. The number of carbonyl (C=O) groups excluding carboxylic acids is 3. The van der Waals surface area contributed by atoms with Gasteiger partial charge in [0.1, 0.15) is 23.9 Å². The molecule has 14 heteroatoms. The molecule has 0 bridgehead atoms. The Balaban J connectivity index is 2.19. The Morgan fingerprint density at radius 3 is 2.03 bits per heavy atom. The third-order valence-corrected chi connectivity index (χ3v) is 5.67. The van der Waals surface area contributed by atoms with Crippen molar-refractivity contribution in [1.82, 2.24) is 25.9 Å². The van der Waals surface area contributed by atoms with E-state index in [1.165, 1.54) is 36.8 Å². The highest BCUT2D eigenvalue weighted by Gasteiger charge is 2.31. The first kappa shape index (κ1) is 30.8. The first-order chi connectivity index (χ1) is 18.3. The molecule has 0 spiro atoms. The molecule has 4 atom stereocenters. The maximum atomic E-state index is 13.3. The van der Waals surface area contributed by atoms with Crippen molar-refractivity contribution < 1.29 is 39.3 Å². The van der Waals surface area contributed by atoms with E-state index in [0.717, 1.165) is 0 Å². The van der Waals surface area contributed by atoms with Gasteiger partial charge in [0.25, 0.3) is 0 Å². The van der Waals surface area contributed by atoms with Crippen molar-refractivity contribution in [2.24, 2.45) is 11.7 Å². The summed E-state index contributed by atoms with van der Waals surface area (Å²) in [4.78, 5) is 68.3. The highest BCUT2D eigenvalue weighted by molar-refractivity contribution is 5.94. The van der Waals surface area contributed by atoms with Crippen LogP contribution in [0.5, 0.6) is 5.75 Å². The zero-order valence-corrected chi connectivity index (χ0v) is 21.6. The second-order valence-corrected chi connectivity index (χ2v) is 9.51. The van der Waals surface area contributed by atoms with Crippen LogP contribution in [0.4, 0.5) is 0 Å². The van der Waals surface area contributed by atoms with Crippen molar-refractivity contribution >= 4 is 29.7 Å². The highest BCUT2D eigenvalue weighted by Crippen LogP contribution is 2.13. The summed E-state index contributed by atoms with van der Waals surface area (Å²) in [6.45, 7) is 3.62. The summed E-state index contributed by atoms with van der Waals surface area (Å²) in [6.07, 6.45) is 2.18. The molecule has 4 unspecified atom stereocenters. The van der Waals surface area contributed by atoms with E-state index < -0.39 is 60.2 Å². The number of rotatable bonds is 15. The zero-order valence-electron chi connectivity index (χ0n) is 21.6. The van der Waals surface area contributed by atoms with Gasteiger partial charge in [0.2, 0.25) is 17.7 Å². The van der Waals surface area contributed by atoms with E-state index in [1.54, 1.807) is 0 Å². The molecule has 14 nitrogen and oxygen atoms in total. The van der Waals surface area contributed by atoms with Crippen LogP contribution in [0.25, 0.3) is 0 Å². The minimum atomic E-state index is -1.41. The third-order valence-electron chi connectivity index (χ3n) is 5.67. The number of hydrogen-bond acceptors (Lipinski definition) is 8. The third kappa shape index (κ3) is 10.4. The average Bonchev–Trinajstić information content (AvgIpc) is 3.36. The maximum absolute atomic E-state index is 13.3. The summed E-state index contributed by atoms with van der Waals surface area (Å²) in [7, 11) is 0. The number of aliphatic carboxylic acids is 2. The maximum Gasteiger partial charge on any atom is 0.326 e. The summed E-state index contributed by atoms with van der Waals surface area (Å²) in [5.74, 6) is -5.02. The fourth-order valence-corrected chi connectivity index (χ4v) is 3.70. The van der Waals surface area contributed by atoms with Gasteiger partial charge in [-0.25, -0.2) is 9.78 Å². The monoisotopic (exact) mass is 546 g/mol. The van der Waals surface area contributed by atoms with Gasteiger partial charge < -0.3 is 42.0 Å². The molecule has 1 aromatic carbocycles. The lowest BCUT2D eigenvalue weighted by atomic mass is 10.0. The Morgan fingerprint density at radius 1 is 0.897 bits per heavy atom. The number of benzene rings is 1. The van der Waals surface area contributed by atoms with E-state index in [9.17, 15) is 34.2 Å². The molecular formula is C25H34N6O8. The molecule has 0 aliphatic carbocycles. The Bertz CT molecular complexity index is 1140. The molecule has 0 saturated carbocycles. The molecule has 2 aromatic rings. The van der Waals surface area contributed by atoms with E-state index in [-0.39, 0.29) is 30.9 Å². The quantitative estimate of drug-likeness (QED) is 0.140. The first-order valence-electron chi connectivity index (χ1n) is 12.2. The largest absolute Gasteiger partial charge is 0.508 e. The Kier molecular flexibility index (Phi) is 11.4. The smallest absolute Gasteiger partial charge is 0.326 e. The van der Waals surface area contributed by atoms with Gasteiger partial charge in [0.15, 0.2) is 0 Å². The number of aromatic hydroxyl groups is 1. The van der Waals surface area contributed by atoms with Crippen LogP contribution in [0.3, 0.4) is 0 Å². The number of hydrogen-bond donors (Lipinski definition) is 8. The lowest BCUT2D eigenvalue weighted by molar-refractivity contribution is -0.142. The minimum Gasteiger partial charge on any atom is -0.508 e. The molecule has 3 amide bonds. The number of phenolic OH excluding ortho intramolecular Hbond substituents is 1. The van der Waals surface area contributed by atoms with Crippen LogP contribution >= 0.6 is 0 Å². The van der Waals surface area contributed by atoms with E-state index in [0.29, 0.717) is 11.3 Å². The summed E-state index contributed by atoms with van der Waals surface area (Å²) < 4.78 is 0. The number of amides is 3. The summed E-state index contributed by atoms with van der Waals surface area (Å²) in [6, 6.07) is 0.739. The number of nitrogens with zero attached hydrogens (tertiary/aromatic N) is 1. The van der Waals surface area contributed by atoms with Crippen LogP contribution in [-0.2, 0) is 36.8 Å². The normalized spacial score (nSPS) is 14.1. The number of aromatic nitrogens is 2. The summed E-state index contributed by atoms with van der Waals surface area (Å²) >= 11 is 0. The van der Waals surface area contributed by atoms with E-state index >= 15 is 0 Å². The second-order valence-electron chi connectivity index (χ2n) is 9.51.